The van der Waals surface area contributed by atoms with Crippen molar-refractivity contribution in [3.8, 4) is 0 Å². The Morgan fingerprint density at radius 1 is 0.839 bits per heavy atom. The molecule has 160 valence electrons. The van der Waals surface area contributed by atoms with Gasteiger partial charge in [-0.15, -0.1) is 0 Å². The van der Waals surface area contributed by atoms with Crippen LogP contribution >= 0.6 is 11.6 Å². The first kappa shape index (κ1) is 20.5. The molecule has 2 aliphatic heterocycles. The average molecular weight is 478 g/mol. The summed E-state index contributed by atoms with van der Waals surface area (Å²) in [6, 6.07) is 16.7. The molecule has 0 aliphatic carbocycles. The van der Waals surface area contributed by atoms with E-state index >= 15 is 4.39 Å². The number of nitrogens with zero attached hydrogens (tertiary/aromatic N) is 1. The SMILES string of the molecule is O=S1(=O)c2ccccc2S(=O)(=O)C1(F)C1c2ccccc2CCN1c1ccc(Cl)cc1. The van der Waals surface area contributed by atoms with Crippen molar-refractivity contribution in [2.45, 2.75) is 26.6 Å². The van der Waals surface area contributed by atoms with E-state index < -0.39 is 39.8 Å². The van der Waals surface area contributed by atoms with Crippen molar-refractivity contribution in [1.82, 2.24) is 0 Å². The van der Waals surface area contributed by atoms with Crippen LogP contribution < -0.4 is 4.90 Å². The molecule has 1 unspecified atom stereocenters. The van der Waals surface area contributed by atoms with Crippen LogP contribution in [-0.2, 0) is 26.1 Å². The van der Waals surface area contributed by atoms with E-state index in [-0.39, 0.29) is 6.54 Å². The van der Waals surface area contributed by atoms with Crippen LogP contribution in [0.2, 0.25) is 5.02 Å². The summed E-state index contributed by atoms with van der Waals surface area (Å²) in [5.41, 5.74) is 1.55. The normalized spacial score (nSPS) is 22.5. The van der Waals surface area contributed by atoms with Gasteiger partial charge < -0.3 is 4.90 Å². The minimum atomic E-state index is -4.87. The van der Waals surface area contributed by atoms with Crippen molar-refractivity contribution in [3.05, 3.63) is 88.9 Å². The number of anilines is 1. The molecule has 5 rings (SSSR count). The van der Waals surface area contributed by atoms with Gasteiger partial charge in [0.25, 0.3) is 0 Å². The molecule has 2 aliphatic rings. The number of hydrogen-bond donors (Lipinski definition) is 0. The molecule has 0 amide bonds. The highest BCUT2D eigenvalue weighted by molar-refractivity contribution is 8.12. The van der Waals surface area contributed by atoms with Gasteiger partial charge in [0.2, 0.25) is 19.7 Å². The van der Waals surface area contributed by atoms with E-state index in [1.54, 1.807) is 48.5 Å². The number of alkyl halides is 1. The number of rotatable bonds is 2. The fraction of sp³-hybridized carbons (Fsp3) is 0.182. The molecule has 2 heterocycles. The molecule has 0 radical (unpaired) electrons. The van der Waals surface area contributed by atoms with Crippen molar-refractivity contribution in [3.63, 3.8) is 0 Å². The second-order valence-electron chi connectivity index (χ2n) is 7.56. The minimum Gasteiger partial charge on any atom is -0.359 e. The van der Waals surface area contributed by atoms with E-state index in [4.69, 9.17) is 11.6 Å². The van der Waals surface area contributed by atoms with Crippen molar-refractivity contribution in [2.24, 2.45) is 0 Å². The lowest BCUT2D eigenvalue weighted by molar-refractivity contribution is 0.297. The summed E-state index contributed by atoms with van der Waals surface area (Å²) in [5.74, 6) is 0. The van der Waals surface area contributed by atoms with Crippen molar-refractivity contribution in [2.75, 3.05) is 11.4 Å². The van der Waals surface area contributed by atoms with Crippen LogP contribution in [0.25, 0.3) is 0 Å². The van der Waals surface area contributed by atoms with Crippen LogP contribution in [0.3, 0.4) is 0 Å². The van der Waals surface area contributed by atoms with Gasteiger partial charge in [0.15, 0.2) is 0 Å². The molecule has 0 N–H and O–H groups in total. The molecule has 5 nitrogen and oxygen atoms in total. The highest BCUT2D eigenvalue weighted by Crippen LogP contribution is 2.56. The monoisotopic (exact) mass is 477 g/mol. The molecule has 0 spiro atoms. The molecule has 31 heavy (non-hydrogen) atoms. The number of benzene rings is 3. The van der Waals surface area contributed by atoms with Crippen molar-refractivity contribution >= 4 is 37.0 Å². The van der Waals surface area contributed by atoms with E-state index in [9.17, 15) is 16.8 Å². The Bertz CT molecular complexity index is 1350. The zero-order valence-corrected chi connectivity index (χ0v) is 18.5. The first-order valence-corrected chi connectivity index (χ1v) is 12.9. The van der Waals surface area contributed by atoms with Crippen LogP contribution in [0, 0.1) is 0 Å². The second-order valence-corrected chi connectivity index (χ2v) is 12.3. The van der Waals surface area contributed by atoms with Gasteiger partial charge in [0.1, 0.15) is 6.04 Å². The maximum Gasteiger partial charge on any atom is 0.341 e. The quantitative estimate of drug-likeness (QED) is 0.549. The van der Waals surface area contributed by atoms with Gasteiger partial charge in [0, 0.05) is 17.3 Å². The molecule has 9 heteroatoms. The van der Waals surface area contributed by atoms with Gasteiger partial charge >= 0.3 is 4.33 Å². The highest BCUT2D eigenvalue weighted by atomic mass is 35.5. The van der Waals surface area contributed by atoms with Gasteiger partial charge in [0.05, 0.1) is 9.79 Å². The smallest absolute Gasteiger partial charge is 0.341 e. The Morgan fingerprint density at radius 2 is 1.39 bits per heavy atom. The average Bonchev–Trinajstić information content (AvgIpc) is 2.89. The lowest BCUT2D eigenvalue weighted by atomic mass is 9.92. The third kappa shape index (κ3) is 2.65. The molecule has 1 atom stereocenters. The Labute approximate surface area is 184 Å². The Hall–Kier alpha value is -2.42. The zero-order chi connectivity index (χ0) is 22.0. The second kappa shape index (κ2) is 6.79. The predicted octanol–water partition coefficient (Wildman–Crippen LogP) is 4.33. The predicted molar refractivity (Wildman–Crippen MR) is 116 cm³/mol. The summed E-state index contributed by atoms with van der Waals surface area (Å²) < 4.78 is 67.3. The van der Waals surface area contributed by atoms with Crippen molar-refractivity contribution in [1.29, 1.82) is 0 Å². The molecular formula is C22H17ClFNO4S2. The maximum atomic E-state index is 17.0. The molecular weight excluding hydrogens is 461 g/mol. The molecule has 0 saturated heterocycles. The number of sulfone groups is 2. The van der Waals surface area contributed by atoms with Crippen LogP contribution in [0.15, 0.2) is 82.6 Å². The summed E-state index contributed by atoms with van der Waals surface area (Å²) in [6.45, 7) is 0.246. The summed E-state index contributed by atoms with van der Waals surface area (Å²) in [6.07, 6.45) is 0.512. The van der Waals surface area contributed by atoms with Crippen LogP contribution in [0.4, 0.5) is 10.1 Å². The van der Waals surface area contributed by atoms with Crippen LogP contribution in [-0.4, -0.2) is 27.7 Å². The highest BCUT2D eigenvalue weighted by Gasteiger charge is 2.70. The molecule has 0 fully saturated rings. The molecule has 0 bridgehead atoms. The van der Waals surface area contributed by atoms with E-state index in [2.05, 4.69) is 0 Å². The van der Waals surface area contributed by atoms with Crippen LogP contribution in [0.5, 0.6) is 0 Å². The van der Waals surface area contributed by atoms with Gasteiger partial charge in [-0.1, -0.05) is 48.0 Å². The summed E-state index contributed by atoms with van der Waals surface area (Å²) in [7, 11) is -9.73. The third-order valence-electron chi connectivity index (χ3n) is 5.93. The maximum absolute atomic E-state index is 17.0. The number of halogens is 2. The fourth-order valence-corrected chi connectivity index (χ4v) is 9.84. The van der Waals surface area contributed by atoms with Gasteiger partial charge in [-0.3, -0.25) is 0 Å². The van der Waals surface area contributed by atoms with E-state index in [1.807, 2.05) is 0 Å². The van der Waals surface area contributed by atoms with Gasteiger partial charge in [-0.2, -0.15) is 0 Å². The fourth-order valence-electron chi connectivity index (χ4n) is 4.48. The first-order valence-electron chi connectivity index (χ1n) is 9.57. The topological polar surface area (TPSA) is 71.5 Å². The Balaban J connectivity index is 1.82. The summed E-state index contributed by atoms with van der Waals surface area (Å²) in [5, 5.41) is 0.459. The van der Waals surface area contributed by atoms with E-state index in [0.717, 1.165) is 17.7 Å². The van der Waals surface area contributed by atoms with Crippen LogP contribution in [0.1, 0.15) is 17.2 Å². The third-order valence-corrected chi connectivity index (χ3v) is 11.4. The Kier molecular flexibility index (Phi) is 4.48. The standard InChI is InChI=1S/C22H17ClFNO4S2/c23-16-9-11-17(12-10-16)25-14-13-15-5-1-2-6-18(15)21(25)22(24)30(26,27)19-7-3-4-8-20(19)31(22,28)29/h1-12,21H,13-14H2. The molecule has 3 aromatic carbocycles. The first-order chi connectivity index (χ1) is 14.7. The largest absolute Gasteiger partial charge is 0.359 e. The lowest BCUT2D eigenvalue weighted by Crippen LogP contribution is -2.53. The Morgan fingerprint density at radius 3 is 2.00 bits per heavy atom. The lowest BCUT2D eigenvalue weighted by Gasteiger charge is -2.43. The minimum absolute atomic E-state index is 0.246. The zero-order valence-electron chi connectivity index (χ0n) is 16.1. The van der Waals surface area contributed by atoms with E-state index in [0.29, 0.717) is 22.7 Å². The van der Waals surface area contributed by atoms with E-state index in [1.165, 1.54) is 17.0 Å². The van der Waals surface area contributed by atoms with Gasteiger partial charge in [-0.25, -0.2) is 21.2 Å². The molecule has 0 saturated carbocycles. The van der Waals surface area contributed by atoms with Crippen molar-refractivity contribution < 1.29 is 21.2 Å². The number of hydrogen-bond acceptors (Lipinski definition) is 5. The summed E-state index contributed by atoms with van der Waals surface area (Å²) in [4.78, 5) is 0.507. The molecule has 3 aromatic rings. The molecule has 0 aromatic heterocycles. The summed E-state index contributed by atoms with van der Waals surface area (Å²) >= 11 is 5.99. The number of fused-ring (bicyclic) bond motifs is 2. The van der Waals surface area contributed by atoms with Gasteiger partial charge in [-0.05, 0) is 53.9 Å².